The summed E-state index contributed by atoms with van der Waals surface area (Å²) in [6.07, 6.45) is 1.74. The van der Waals surface area contributed by atoms with Gasteiger partial charge in [0.25, 0.3) is 0 Å². The fourth-order valence-electron chi connectivity index (χ4n) is 1.47. The van der Waals surface area contributed by atoms with E-state index in [0.717, 1.165) is 11.3 Å². The van der Waals surface area contributed by atoms with Gasteiger partial charge < -0.3 is 11.1 Å². The normalized spacial score (nSPS) is 10.4. The summed E-state index contributed by atoms with van der Waals surface area (Å²) in [6.45, 7) is 2.52. The third-order valence-corrected chi connectivity index (χ3v) is 2.34. The van der Waals surface area contributed by atoms with Crippen LogP contribution in [0.15, 0.2) is 24.4 Å². The van der Waals surface area contributed by atoms with E-state index in [4.69, 9.17) is 5.73 Å². The monoisotopic (exact) mass is 220 g/mol. The van der Waals surface area contributed by atoms with E-state index in [0.29, 0.717) is 17.9 Å². The highest BCUT2D eigenvalue weighted by Gasteiger charge is 2.01. The van der Waals surface area contributed by atoms with Crippen molar-refractivity contribution in [3.8, 4) is 0 Å². The Morgan fingerprint density at radius 3 is 2.88 bits per heavy atom. The first kappa shape index (κ1) is 10.5. The number of nitrogens with one attached hydrogen (secondary N) is 2. The second kappa shape index (κ2) is 4.22. The average molecular weight is 220 g/mol. The fourth-order valence-corrected chi connectivity index (χ4v) is 1.47. The third-order valence-electron chi connectivity index (χ3n) is 2.34. The topological polar surface area (TPSA) is 66.7 Å². The Labute approximate surface area is 92.7 Å². The van der Waals surface area contributed by atoms with Crippen LogP contribution in [0.5, 0.6) is 0 Å². The predicted molar refractivity (Wildman–Crippen MR) is 61.5 cm³/mol. The molecule has 0 atom stereocenters. The van der Waals surface area contributed by atoms with E-state index in [-0.39, 0.29) is 5.82 Å². The van der Waals surface area contributed by atoms with Crippen molar-refractivity contribution in [3.05, 3.63) is 41.5 Å². The molecule has 0 amide bonds. The van der Waals surface area contributed by atoms with Crippen LogP contribution in [-0.2, 0) is 6.54 Å². The van der Waals surface area contributed by atoms with Gasteiger partial charge in [-0.25, -0.2) is 4.39 Å². The summed E-state index contributed by atoms with van der Waals surface area (Å²) in [5, 5.41) is 9.83. The van der Waals surface area contributed by atoms with Gasteiger partial charge in [0.05, 0.1) is 6.20 Å². The van der Waals surface area contributed by atoms with Crippen molar-refractivity contribution in [2.45, 2.75) is 13.5 Å². The molecule has 0 aliphatic rings. The summed E-state index contributed by atoms with van der Waals surface area (Å²) in [4.78, 5) is 0. The van der Waals surface area contributed by atoms with Crippen LogP contribution < -0.4 is 11.1 Å². The first-order chi connectivity index (χ1) is 7.65. The van der Waals surface area contributed by atoms with Crippen molar-refractivity contribution >= 4 is 11.4 Å². The van der Waals surface area contributed by atoms with E-state index in [2.05, 4.69) is 15.5 Å². The number of aromatic nitrogens is 2. The number of nitrogens with two attached hydrogens (primary N) is 1. The summed E-state index contributed by atoms with van der Waals surface area (Å²) >= 11 is 0. The van der Waals surface area contributed by atoms with E-state index in [9.17, 15) is 4.39 Å². The molecule has 1 aromatic carbocycles. The molecule has 0 unspecified atom stereocenters. The molecular formula is C11H13FN4. The van der Waals surface area contributed by atoms with E-state index >= 15 is 0 Å². The number of rotatable bonds is 3. The summed E-state index contributed by atoms with van der Waals surface area (Å²) in [5.41, 5.74) is 8.65. The Balaban J connectivity index is 2.07. The second-order valence-corrected chi connectivity index (χ2v) is 3.65. The highest BCUT2D eigenvalue weighted by Crippen LogP contribution is 2.16. The lowest BCUT2D eigenvalue weighted by Gasteiger charge is -2.06. The van der Waals surface area contributed by atoms with Crippen LogP contribution in [0.1, 0.15) is 11.3 Å². The van der Waals surface area contributed by atoms with Crippen LogP contribution in [0.4, 0.5) is 15.8 Å². The molecule has 0 spiro atoms. The SMILES string of the molecule is Cc1[nH]ncc1CNc1cc(N)cc(F)c1. The maximum atomic E-state index is 13.0. The van der Waals surface area contributed by atoms with Crippen LogP contribution in [0.25, 0.3) is 0 Å². The Hall–Kier alpha value is -2.04. The number of aromatic amines is 1. The summed E-state index contributed by atoms with van der Waals surface area (Å²) in [7, 11) is 0. The molecule has 4 N–H and O–H groups in total. The molecule has 0 bridgehead atoms. The number of halogens is 1. The van der Waals surface area contributed by atoms with Gasteiger partial charge in [-0.15, -0.1) is 0 Å². The standard InChI is InChI=1S/C11H13FN4/c1-7-8(6-15-16-7)5-14-11-3-9(12)2-10(13)4-11/h2-4,6,14H,5,13H2,1H3,(H,15,16). The van der Waals surface area contributed by atoms with Gasteiger partial charge in [-0.3, -0.25) is 5.10 Å². The minimum absolute atomic E-state index is 0.341. The van der Waals surface area contributed by atoms with Gasteiger partial charge in [-0.2, -0.15) is 5.10 Å². The Kier molecular flexibility index (Phi) is 2.76. The number of hydrogen-bond acceptors (Lipinski definition) is 3. The minimum Gasteiger partial charge on any atom is -0.399 e. The first-order valence-corrected chi connectivity index (χ1v) is 4.94. The van der Waals surface area contributed by atoms with E-state index in [1.54, 1.807) is 12.3 Å². The Morgan fingerprint density at radius 1 is 1.44 bits per heavy atom. The molecule has 0 aliphatic carbocycles. The lowest BCUT2D eigenvalue weighted by Crippen LogP contribution is -2.01. The average Bonchev–Trinajstić information content (AvgIpc) is 2.59. The van der Waals surface area contributed by atoms with Crippen molar-refractivity contribution in [1.29, 1.82) is 0 Å². The smallest absolute Gasteiger partial charge is 0.127 e. The highest BCUT2D eigenvalue weighted by atomic mass is 19.1. The van der Waals surface area contributed by atoms with Crippen LogP contribution in [0, 0.1) is 12.7 Å². The molecule has 0 radical (unpaired) electrons. The lowest BCUT2D eigenvalue weighted by molar-refractivity contribution is 0.629. The highest BCUT2D eigenvalue weighted by molar-refractivity contribution is 5.54. The van der Waals surface area contributed by atoms with Crippen LogP contribution in [0.3, 0.4) is 0 Å². The maximum Gasteiger partial charge on any atom is 0.127 e. The van der Waals surface area contributed by atoms with Crippen molar-refractivity contribution in [1.82, 2.24) is 10.2 Å². The van der Waals surface area contributed by atoms with Gasteiger partial charge in [-0.1, -0.05) is 0 Å². The van der Waals surface area contributed by atoms with Crippen LogP contribution in [-0.4, -0.2) is 10.2 Å². The second-order valence-electron chi connectivity index (χ2n) is 3.65. The maximum absolute atomic E-state index is 13.0. The largest absolute Gasteiger partial charge is 0.399 e. The minimum atomic E-state index is -0.341. The number of hydrogen-bond donors (Lipinski definition) is 3. The molecule has 16 heavy (non-hydrogen) atoms. The summed E-state index contributed by atoms with van der Waals surface area (Å²) in [5.74, 6) is -0.341. The molecule has 0 aliphatic heterocycles. The molecule has 2 rings (SSSR count). The van der Waals surface area contributed by atoms with Crippen molar-refractivity contribution in [3.63, 3.8) is 0 Å². The number of aryl methyl sites for hydroxylation is 1. The molecule has 5 heteroatoms. The molecule has 0 saturated carbocycles. The first-order valence-electron chi connectivity index (χ1n) is 4.94. The molecule has 0 fully saturated rings. The van der Waals surface area contributed by atoms with Gasteiger partial charge in [0.2, 0.25) is 0 Å². The van der Waals surface area contributed by atoms with Gasteiger partial charge in [0.1, 0.15) is 5.82 Å². The van der Waals surface area contributed by atoms with Gasteiger partial charge >= 0.3 is 0 Å². The molecule has 84 valence electrons. The number of benzene rings is 1. The van der Waals surface area contributed by atoms with Crippen molar-refractivity contribution in [2.75, 3.05) is 11.1 Å². The van der Waals surface area contributed by atoms with E-state index in [1.807, 2.05) is 6.92 Å². The molecule has 1 heterocycles. The number of nitrogen functional groups attached to an aromatic ring is 1. The van der Waals surface area contributed by atoms with E-state index < -0.39 is 0 Å². The molecule has 1 aromatic heterocycles. The zero-order valence-electron chi connectivity index (χ0n) is 8.92. The molecule has 4 nitrogen and oxygen atoms in total. The quantitative estimate of drug-likeness (QED) is 0.693. The molecule has 0 saturated heterocycles. The van der Waals surface area contributed by atoms with Crippen molar-refractivity contribution in [2.24, 2.45) is 0 Å². The Morgan fingerprint density at radius 2 is 2.25 bits per heavy atom. The zero-order valence-corrected chi connectivity index (χ0v) is 8.92. The molecular weight excluding hydrogens is 207 g/mol. The number of H-pyrrole nitrogens is 1. The van der Waals surface area contributed by atoms with Crippen LogP contribution >= 0.6 is 0 Å². The summed E-state index contributed by atoms with van der Waals surface area (Å²) in [6, 6.07) is 4.39. The van der Waals surface area contributed by atoms with Gasteiger partial charge in [0.15, 0.2) is 0 Å². The number of nitrogens with zero attached hydrogens (tertiary/aromatic N) is 1. The Bertz CT molecular complexity index is 472. The fraction of sp³-hybridized carbons (Fsp3) is 0.182. The van der Waals surface area contributed by atoms with Crippen LogP contribution in [0.2, 0.25) is 0 Å². The summed E-state index contributed by atoms with van der Waals surface area (Å²) < 4.78 is 13.0. The predicted octanol–water partition coefficient (Wildman–Crippen LogP) is 2.05. The lowest BCUT2D eigenvalue weighted by atomic mass is 10.2. The zero-order chi connectivity index (χ0) is 11.5. The van der Waals surface area contributed by atoms with Crippen molar-refractivity contribution < 1.29 is 4.39 Å². The van der Waals surface area contributed by atoms with Gasteiger partial charge in [0, 0.05) is 29.2 Å². The van der Waals surface area contributed by atoms with E-state index in [1.165, 1.54) is 12.1 Å². The molecule has 2 aromatic rings. The third kappa shape index (κ3) is 2.31. The van der Waals surface area contributed by atoms with Gasteiger partial charge in [-0.05, 0) is 25.1 Å². The number of anilines is 2.